The Bertz CT molecular complexity index is 306. The highest BCUT2D eigenvalue weighted by Gasteiger charge is 2.36. The van der Waals surface area contributed by atoms with Crippen molar-refractivity contribution in [2.24, 2.45) is 17.3 Å². The van der Waals surface area contributed by atoms with Crippen molar-refractivity contribution in [1.82, 2.24) is 4.90 Å². The van der Waals surface area contributed by atoms with Gasteiger partial charge in [0.2, 0.25) is 0 Å². The van der Waals surface area contributed by atoms with E-state index in [1.165, 1.54) is 45.2 Å². The smallest absolute Gasteiger partial charge is 0.0672 e. The normalized spacial score (nSPS) is 37.1. The van der Waals surface area contributed by atoms with E-state index >= 15 is 0 Å². The molecule has 0 bridgehead atoms. The van der Waals surface area contributed by atoms with Gasteiger partial charge >= 0.3 is 0 Å². The molecule has 1 aliphatic heterocycles. The van der Waals surface area contributed by atoms with Crippen molar-refractivity contribution in [3.05, 3.63) is 0 Å². The number of hydrogen-bond donors (Lipinski definition) is 0. The van der Waals surface area contributed by atoms with Gasteiger partial charge in [0.15, 0.2) is 0 Å². The maximum absolute atomic E-state index is 9.38. The van der Waals surface area contributed by atoms with Crippen LogP contribution in [-0.2, 0) is 0 Å². The van der Waals surface area contributed by atoms with Crippen LogP contribution in [0.1, 0.15) is 59.3 Å². The van der Waals surface area contributed by atoms with Crippen molar-refractivity contribution in [1.29, 1.82) is 5.26 Å². The summed E-state index contributed by atoms with van der Waals surface area (Å²) in [5, 5.41) is 9.38. The summed E-state index contributed by atoms with van der Waals surface area (Å²) in [5.41, 5.74) is 0.511. The zero-order valence-electron chi connectivity index (χ0n) is 12.3. The molecule has 0 aromatic heterocycles. The molecule has 1 saturated carbocycles. The fourth-order valence-corrected chi connectivity index (χ4v) is 3.62. The minimum absolute atomic E-state index is 0.286. The maximum atomic E-state index is 9.38. The summed E-state index contributed by atoms with van der Waals surface area (Å²) in [7, 11) is 0. The lowest BCUT2D eigenvalue weighted by atomic mass is 9.75. The Morgan fingerprint density at radius 1 is 1.22 bits per heavy atom. The van der Waals surface area contributed by atoms with Gasteiger partial charge in [-0.25, -0.2) is 0 Å². The van der Waals surface area contributed by atoms with Crippen molar-refractivity contribution in [2.45, 2.75) is 65.3 Å². The van der Waals surface area contributed by atoms with Gasteiger partial charge in [0.1, 0.15) is 0 Å². The van der Waals surface area contributed by atoms with Gasteiger partial charge in [-0.05, 0) is 56.5 Å². The highest BCUT2D eigenvalue weighted by atomic mass is 15.2. The van der Waals surface area contributed by atoms with Crippen molar-refractivity contribution in [3.8, 4) is 6.07 Å². The molecule has 0 aromatic rings. The van der Waals surface area contributed by atoms with Crippen molar-refractivity contribution < 1.29 is 0 Å². The van der Waals surface area contributed by atoms with Crippen LogP contribution in [0.15, 0.2) is 0 Å². The SMILES string of the molecule is CCC1CCC(C#N)C(N2CCC(C)(C)CC2)C1. The molecule has 1 heterocycles. The second-order valence-electron chi connectivity index (χ2n) is 7.09. The Kier molecular flexibility index (Phi) is 4.33. The molecule has 0 amide bonds. The highest BCUT2D eigenvalue weighted by Crippen LogP contribution is 2.37. The quantitative estimate of drug-likeness (QED) is 0.742. The van der Waals surface area contributed by atoms with Gasteiger partial charge in [0, 0.05) is 6.04 Å². The Labute approximate surface area is 112 Å². The predicted molar refractivity (Wildman–Crippen MR) is 75.1 cm³/mol. The molecule has 2 rings (SSSR count). The van der Waals surface area contributed by atoms with Crippen LogP contribution in [0.3, 0.4) is 0 Å². The van der Waals surface area contributed by atoms with E-state index in [-0.39, 0.29) is 5.92 Å². The van der Waals surface area contributed by atoms with Crippen molar-refractivity contribution >= 4 is 0 Å². The molecule has 3 atom stereocenters. The van der Waals surface area contributed by atoms with Crippen molar-refractivity contribution in [3.63, 3.8) is 0 Å². The molecular weight excluding hydrogens is 220 g/mol. The zero-order valence-corrected chi connectivity index (χ0v) is 12.3. The number of nitrogens with zero attached hydrogens (tertiary/aromatic N) is 2. The minimum Gasteiger partial charge on any atom is -0.299 e. The standard InChI is InChI=1S/C16H28N2/c1-4-13-5-6-14(12-17)15(11-13)18-9-7-16(2,3)8-10-18/h13-15H,4-11H2,1-3H3. The van der Waals surface area contributed by atoms with Crippen LogP contribution in [0.5, 0.6) is 0 Å². The second-order valence-corrected chi connectivity index (χ2v) is 7.09. The Balaban J connectivity index is 1.99. The molecule has 2 heteroatoms. The lowest BCUT2D eigenvalue weighted by Crippen LogP contribution is -2.48. The summed E-state index contributed by atoms with van der Waals surface area (Å²) in [4.78, 5) is 2.63. The molecule has 18 heavy (non-hydrogen) atoms. The highest BCUT2D eigenvalue weighted by molar-refractivity contribution is 4.98. The Hall–Kier alpha value is -0.550. The van der Waals surface area contributed by atoms with Gasteiger partial charge in [-0.2, -0.15) is 5.26 Å². The van der Waals surface area contributed by atoms with E-state index in [0.29, 0.717) is 11.5 Å². The van der Waals surface area contributed by atoms with Crippen LogP contribution in [0, 0.1) is 28.6 Å². The number of rotatable bonds is 2. The van der Waals surface area contributed by atoms with E-state index in [9.17, 15) is 5.26 Å². The van der Waals surface area contributed by atoms with Gasteiger partial charge in [0.25, 0.3) is 0 Å². The van der Waals surface area contributed by atoms with Crippen LogP contribution in [0.4, 0.5) is 0 Å². The van der Waals surface area contributed by atoms with Crippen LogP contribution in [-0.4, -0.2) is 24.0 Å². The molecule has 3 unspecified atom stereocenters. The largest absolute Gasteiger partial charge is 0.299 e. The molecule has 102 valence electrons. The maximum Gasteiger partial charge on any atom is 0.0672 e. The topological polar surface area (TPSA) is 27.0 Å². The summed E-state index contributed by atoms with van der Waals surface area (Å²) in [6, 6.07) is 3.12. The first kappa shape index (κ1) is 13.9. The average molecular weight is 248 g/mol. The van der Waals surface area contributed by atoms with E-state index in [1.54, 1.807) is 0 Å². The van der Waals surface area contributed by atoms with E-state index < -0.39 is 0 Å². The summed E-state index contributed by atoms with van der Waals surface area (Å²) >= 11 is 0. The molecule has 2 nitrogen and oxygen atoms in total. The molecule has 1 saturated heterocycles. The number of hydrogen-bond acceptors (Lipinski definition) is 2. The van der Waals surface area contributed by atoms with Gasteiger partial charge < -0.3 is 0 Å². The van der Waals surface area contributed by atoms with Crippen LogP contribution in [0.25, 0.3) is 0 Å². The summed E-state index contributed by atoms with van der Waals surface area (Å²) < 4.78 is 0. The molecule has 0 aromatic carbocycles. The first-order valence-electron chi connectivity index (χ1n) is 7.69. The fraction of sp³-hybridized carbons (Fsp3) is 0.938. The van der Waals surface area contributed by atoms with E-state index in [1.807, 2.05) is 0 Å². The molecule has 0 radical (unpaired) electrons. The second kappa shape index (κ2) is 5.61. The lowest BCUT2D eigenvalue weighted by molar-refractivity contribution is 0.0457. The van der Waals surface area contributed by atoms with Crippen molar-refractivity contribution in [2.75, 3.05) is 13.1 Å². The van der Waals surface area contributed by atoms with Crippen LogP contribution < -0.4 is 0 Å². The molecule has 0 spiro atoms. The monoisotopic (exact) mass is 248 g/mol. The van der Waals surface area contributed by atoms with Gasteiger partial charge in [0.05, 0.1) is 12.0 Å². The van der Waals surface area contributed by atoms with E-state index in [2.05, 4.69) is 31.7 Å². The third-order valence-corrected chi connectivity index (χ3v) is 5.29. The zero-order chi connectivity index (χ0) is 13.2. The third-order valence-electron chi connectivity index (χ3n) is 5.29. The van der Waals surface area contributed by atoms with E-state index in [0.717, 1.165) is 12.3 Å². The number of piperidine rings is 1. The van der Waals surface area contributed by atoms with Gasteiger partial charge in [-0.1, -0.05) is 27.2 Å². The molecular formula is C16H28N2. The summed E-state index contributed by atoms with van der Waals surface area (Å²) in [6.07, 6.45) is 7.52. The number of likely N-dealkylation sites (tertiary alicyclic amines) is 1. The van der Waals surface area contributed by atoms with Gasteiger partial charge in [-0.15, -0.1) is 0 Å². The first-order chi connectivity index (χ1) is 8.55. The van der Waals surface area contributed by atoms with Crippen LogP contribution >= 0.6 is 0 Å². The van der Waals surface area contributed by atoms with E-state index in [4.69, 9.17) is 0 Å². The predicted octanol–water partition coefficient (Wildman–Crippen LogP) is 3.83. The molecule has 2 aliphatic rings. The first-order valence-corrected chi connectivity index (χ1v) is 7.69. The third kappa shape index (κ3) is 3.06. The lowest BCUT2D eigenvalue weighted by Gasteiger charge is -2.45. The average Bonchev–Trinajstić information content (AvgIpc) is 2.38. The summed E-state index contributed by atoms with van der Waals surface area (Å²) in [6.45, 7) is 9.45. The van der Waals surface area contributed by atoms with Crippen LogP contribution in [0.2, 0.25) is 0 Å². The molecule has 0 N–H and O–H groups in total. The Morgan fingerprint density at radius 2 is 1.89 bits per heavy atom. The molecule has 2 fully saturated rings. The number of nitriles is 1. The fourth-order valence-electron chi connectivity index (χ4n) is 3.62. The Morgan fingerprint density at radius 3 is 2.44 bits per heavy atom. The summed E-state index contributed by atoms with van der Waals surface area (Å²) in [5.74, 6) is 1.14. The minimum atomic E-state index is 0.286. The molecule has 1 aliphatic carbocycles. The van der Waals surface area contributed by atoms with Gasteiger partial charge in [-0.3, -0.25) is 4.90 Å².